The average Bonchev–Trinajstić information content (AvgIpc) is 2.42. The van der Waals surface area contributed by atoms with Gasteiger partial charge in [0.25, 0.3) is 0 Å². The van der Waals surface area contributed by atoms with Crippen LogP contribution in [0.2, 0.25) is 0 Å². The molecule has 1 rings (SSSR count). The van der Waals surface area contributed by atoms with E-state index >= 15 is 0 Å². The molecular weight excluding hydrogens is 339 g/mol. The monoisotopic (exact) mass is 358 g/mol. The maximum Gasteiger partial charge on any atom is 0.241 e. The lowest BCUT2D eigenvalue weighted by atomic mass is 10.2. The van der Waals surface area contributed by atoms with Crippen LogP contribution in [0, 0.1) is 5.82 Å². The van der Waals surface area contributed by atoms with Crippen LogP contribution in [0.3, 0.4) is 0 Å². The van der Waals surface area contributed by atoms with E-state index in [4.69, 9.17) is 0 Å². The van der Waals surface area contributed by atoms with Gasteiger partial charge in [-0.2, -0.15) is 0 Å². The lowest BCUT2D eigenvalue weighted by Gasteiger charge is -2.14. The summed E-state index contributed by atoms with van der Waals surface area (Å²) in [6.07, 6.45) is 0. The number of carbonyl (C=O) groups excluding carboxylic acids is 1. The van der Waals surface area contributed by atoms with Crippen molar-refractivity contribution in [1.82, 2.24) is 15.5 Å². The van der Waals surface area contributed by atoms with Crippen molar-refractivity contribution in [2.45, 2.75) is 13.5 Å². The molecule has 0 radical (unpaired) electrons. The minimum Gasteiger partial charge on any atom is -0.357 e. The molecule has 0 heterocycles. The number of rotatable bonds is 5. The molecule has 0 bridgehead atoms. The van der Waals surface area contributed by atoms with Gasteiger partial charge >= 0.3 is 0 Å². The molecule has 1 amide bonds. The topological polar surface area (TPSA) is 56.7 Å². The van der Waals surface area contributed by atoms with Gasteiger partial charge in [-0.25, -0.2) is 9.38 Å². The molecule has 7 heteroatoms. The van der Waals surface area contributed by atoms with E-state index in [2.05, 4.69) is 31.6 Å². The smallest absolute Gasteiger partial charge is 0.241 e. The number of carbonyl (C=O) groups is 1. The summed E-state index contributed by atoms with van der Waals surface area (Å²) < 4.78 is 14.4. The Morgan fingerprint density at radius 1 is 1.38 bits per heavy atom. The summed E-state index contributed by atoms with van der Waals surface area (Å²) in [6.45, 7) is 2.92. The van der Waals surface area contributed by atoms with Gasteiger partial charge in [0.1, 0.15) is 5.82 Å². The summed E-state index contributed by atoms with van der Waals surface area (Å²) in [6, 6.07) is 4.85. The Balaban J connectivity index is 2.68. The molecule has 0 aliphatic rings. The van der Waals surface area contributed by atoms with Crippen LogP contribution in [0.1, 0.15) is 12.5 Å². The van der Waals surface area contributed by atoms with Gasteiger partial charge in [-0.1, -0.05) is 22.0 Å². The van der Waals surface area contributed by atoms with Gasteiger partial charge in [0.15, 0.2) is 5.96 Å². The van der Waals surface area contributed by atoms with E-state index < -0.39 is 0 Å². The van der Waals surface area contributed by atoms with Crippen molar-refractivity contribution < 1.29 is 9.18 Å². The summed E-state index contributed by atoms with van der Waals surface area (Å²) in [5.74, 6) is 0.110. The molecule has 0 atom stereocenters. The normalized spacial score (nSPS) is 11.2. The molecule has 0 unspecified atom stereocenters. The van der Waals surface area contributed by atoms with Crippen molar-refractivity contribution in [3.05, 3.63) is 34.1 Å². The molecule has 116 valence electrons. The minimum absolute atomic E-state index is 0.0598. The number of guanidine groups is 1. The fraction of sp³-hybridized carbons (Fsp3) is 0.429. The lowest BCUT2D eigenvalue weighted by Crippen LogP contribution is -2.42. The maximum absolute atomic E-state index is 13.7. The van der Waals surface area contributed by atoms with E-state index in [1.165, 1.54) is 11.0 Å². The van der Waals surface area contributed by atoms with Crippen LogP contribution in [0.5, 0.6) is 0 Å². The van der Waals surface area contributed by atoms with E-state index in [0.29, 0.717) is 22.5 Å². The number of hydrogen-bond donors (Lipinski definition) is 2. The van der Waals surface area contributed by atoms with Crippen molar-refractivity contribution in [2.75, 3.05) is 27.2 Å². The summed E-state index contributed by atoms with van der Waals surface area (Å²) in [7, 11) is 3.37. The second kappa shape index (κ2) is 8.61. The summed E-state index contributed by atoms with van der Waals surface area (Å²) in [5, 5.41) is 5.93. The predicted molar refractivity (Wildman–Crippen MR) is 85.6 cm³/mol. The molecule has 2 N–H and O–H groups in total. The van der Waals surface area contributed by atoms with E-state index in [-0.39, 0.29) is 24.8 Å². The van der Waals surface area contributed by atoms with Crippen LogP contribution in [-0.2, 0) is 11.3 Å². The third-order valence-electron chi connectivity index (χ3n) is 2.67. The van der Waals surface area contributed by atoms with Crippen molar-refractivity contribution >= 4 is 27.8 Å². The highest BCUT2D eigenvalue weighted by Gasteiger charge is 2.06. The Bertz CT molecular complexity index is 520. The quantitative estimate of drug-likeness (QED) is 0.622. The molecule has 0 saturated carbocycles. The molecular formula is C14H20BrFN4O. The van der Waals surface area contributed by atoms with Gasteiger partial charge in [-0.15, -0.1) is 0 Å². The second-order valence-corrected chi connectivity index (χ2v) is 5.49. The van der Waals surface area contributed by atoms with E-state index in [1.54, 1.807) is 26.2 Å². The van der Waals surface area contributed by atoms with Gasteiger partial charge < -0.3 is 15.5 Å². The Morgan fingerprint density at radius 3 is 2.67 bits per heavy atom. The maximum atomic E-state index is 13.7. The molecule has 0 saturated heterocycles. The first-order chi connectivity index (χ1) is 9.93. The van der Waals surface area contributed by atoms with Crippen molar-refractivity contribution in [3.8, 4) is 0 Å². The first kappa shape index (κ1) is 17.4. The minimum atomic E-state index is -0.312. The standard InChI is InChI=1S/C14H20BrFN4O/c1-4-17-14(19-9-13(21)20(2)3)18-8-10-5-6-11(15)7-12(10)16/h5-7H,4,8-9H2,1-3H3,(H2,17,18,19). The van der Waals surface area contributed by atoms with Crippen LogP contribution in [0.25, 0.3) is 0 Å². The molecule has 0 aromatic heterocycles. The summed E-state index contributed by atoms with van der Waals surface area (Å²) >= 11 is 3.21. The zero-order chi connectivity index (χ0) is 15.8. The number of nitrogens with zero attached hydrogens (tertiary/aromatic N) is 2. The number of likely N-dealkylation sites (N-methyl/N-ethyl adjacent to an activating group) is 1. The molecule has 5 nitrogen and oxygen atoms in total. The molecule has 21 heavy (non-hydrogen) atoms. The first-order valence-corrected chi connectivity index (χ1v) is 7.39. The second-order valence-electron chi connectivity index (χ2n) is 4.57. The first-order valence-electron chi connectivity index (χ1n) is 6.60. The van der Waals surface area contributed by atoms with Crippen LogP contribution in [0.4, 0.5) is 4.39 Å². The van der Waals surface area contributed by atoms with Crippen molar-refractivity contribution in [2.24, 2.45) is 4.99 Å². The van der Waals surface area contributed by atoms with E-state index in [0.717, 1.165) is 0 Å². The van der Waals surface area contributed by atoms with Crippen LogP contribution in [-0.4, -0.2) is 44.0 Å². The summed E-state index contributed by atoms with van der Waals surface area (Å²) in [4.78, 5) is 17.3. The zero-order valence-electron chi connectivity index (χ0n) is 12.4. The van der Waals surface area contributed by atoms with Gasteiger partial charge in [-0.05, 0) is 19.1 Å². The summed E-state index contributed by atoms with van der Waals surface area (Å²) in [5.41, 5.74) is 0.495. The van der Waals surface area contributed by atoms with E-state index in [9.17, 15) is 9.18 Å². The van der Waals surface area contributed by atoms with E-state index in [1.807, 2.05) is 6.92 Å². The molecule has 1 aromatic rings. The van der Waals surface area contributed by atoms with Crippen molar-refractivity contribution in [3.63, 3.8) is 0 Å². The number of halogens is 2. The largest absolute Gasteiger partial charge is 0.357 e. The van der Waals surface area contributed by atoms with Gasteiger partial charge in [0.2, 0.25) is 5.91 Å². The number of benzene rings is 1. The van der Waals surface area contributed by atoms with Crippen LogP contribution >= 0.6 is 15.9 Å². The molecule has 1 aromatic carbocycles. The molecule has 0 aliphatic carbocycles. The highest BCUT2D eigenvalue weighted by Crippen LogP contribution is 2.15. The third kappa shape index (κ3) is 6.12. The van der Waals surface area contributed by atoms with Crippen molar-refractivity contribution in [1.29, 1.82) is 0 Å². The number of aliphatic imine (C=N–C) groups is 1. The Hall–Kier alpha value is -1.63. The van der Waals surface area contributed by atoms with Crippen LogP contribution < -0.4 is 10.6 Å². The van der Waals surface area contributed by atoms with Gasteiger partial charge in [0.05, 0.1) is 13.1 Å². The zero-order valence-corrected chi connectivity index (χ0v) is 14.0. The Labute approximate surface area is 132 Å². The fourth-order valence-corrected chi connectivity index (χ4v) is 1.81. The SMILES string of the molecule is CCNC(=NCc1ccc(Br)cc1F)NCC(=O)N(C)C. The number of amides is 1. The molecule has 0 spiro atoms. The Morgan fingerprint density at radius 2 is 2.10 bits per heavy atom. The molecule has 0 fully saturated rings. The predicted octanol–water partition coefficient (Wildman–Crippen LogP) is 1.73. The molecule has 0 aliphatic heterocycles. The lowest BCUT2D eigenvalue weighted by molar-refractivity contribution is -0.127. The van der Waals surface area contributed by atoms with Gasteiger partial charge in [-0.3, -0.25) is 4.79 Å². The average molecular weight is 359 g/mol. The Kier molecular flexibility index (Phi) is 7.14. The highest BCUT2D eigenvalue weighted by molar-refractivity contribution is 9.10. The third-order valence-corrected chi connectivity index (χ3v) is 3.17. The number of hydrogen-bond acceptors (Lipinski definition) is 2. The highest BCUT2D eigenvalue weighted by atomic mass is 79.9. The number of nitrogens with one attached hydrogen (secondary N) is 2. The fourth-order valence-electron chi connectivity index (χ4n) is 1.47. The van der Waals surface area contributed by atoms with Crippen LogP contribution in [0.15, 0.2) is 27.7 Å². The van der Waals surface area contributed by atoms with Gasteiger partial charge in [0, 0.05) is 30.7 Å².